The van der Waals surface area contributed by atoms with Gasteiger partial charge in [0.15, 0.2) is 0 Å². The number of carbonyl (C=O) groups is 2. The van der Waals surface area contributed by atoms with Crippen LogP contribution in [0, 0.1) is 20.8 Å². The predicted octanol–water partition coefficient (Wildman–Crippen LogP) is 5.19. The van der Waals surface area contributed by atoms with Gasteiger partial charge in [0, 0.05) is 22.2 Å². The third-order valence-electron chi connectivity index (χ3n) is 4.48. The largest absolute Gasteiger partial charge is 0.497 e. The van der Waals surface area contributed by atoms with Gasteiger partial charge in [0.05, 0.1) is 12.7 Å². The predicted molar refractivity (Wildman–Crippen MR) is 114 cm³/mol. The Kier molecular flexibility index (Phi) is 5.80. The molecule has 0 bridgehead atoms. The first kappa shape index (κ1) is 19.6. The summed E-state index contributed by atoms with van der Waals surface area (Å²) in [6.07, 6.45) is 0. The number of amides is 2. The molecule has 2 N–H and O–H groups in total. The molecule has 0 radical (unpaired) electrons. The quantitative estimate of drug-likeness (QED) is 0.626. The van der Waals surface area contributed by atoms with Gasteiger partial charge in [-0.2, -0.15) is 0 Å². The van der Waals surface area contributed by atoms with Gasteiger partial charge in [-0.05, 0) is 50.6 Å². The van der Waals surface area contributed by atoms with Crippen LogP contribution in [0.2, 0.25) is 0 Å². The minimum absolute atomic E-state index is 0.239. The molecule has 0 aliphatic carbocycles. The number of aryl methyl sites for hydroxylation is 2. The number of ether oxygens (including phenoxy) is 1. The highest BCUT2D eigenvalue weighted by Gasteiger charge is 2.21. The summed E-state index contributed by atoms with van der Waals surface area (Å²) in [7, 11) is 1.58. The number of hydrogen-bond donors (Lipinski definition) is 2. The van der Waals surface area contributed by atoms with Crippen LogP contribution >= 0.6 is 11.3 Å². The molecule has 6 heteroatoms. The average molecular weight is 394 g/mol. The molecule has 1 aromatic heterocycles. The summed E-state index contributed by atoms with van der Waals surface area (Å²) in [5, 5.41) is 6.32. The molecule has 0 unspecified atom stereocenters. The smallest absolute Gasteiger partial charge is 0.258 e. The van der Waals surface area contributed by atoms with Crippen LogP contribution in [-0.4, -0.2) is 18.9 Å². The van der Waals surface area contributed by atoms with Gasteiger partial charge in [-0.3, -0.25) is 9.59 Å². The van der Waals surface area contributed by atoms with Crippen LogP contribution in [0.5, 0.6) is 5.75 Å². The Morgan fingerprint density at radius 1 is 0.929 bits per heavy atom. The third kappa shape index (κ3) is 4.23. The van der Waals surface area contributed by atoms with E-state index in [1.807, 2.05) is 39.0 Å². The zero-order valence-corrected chi connectivity index (χ0v) is 17.1. The van der Waals surface area contributed by atoms with Gasteiger partial charge in [0.1, 0.15) is 10.8 Å². The molecular weight excluding hydrogens is 372 g/mol. The van der Waals surface area contributed by atoms with Crippen LogP contribution in [0.15, 0.2) is 48.5 Å². The maximum absolute atomic E-state index is 12.9. The molecule has 0 aliphatic rings. The second-order valence-corrected chi connectivity index (χ2v) is 7.72. The van der Waals surface area contributed by atoms with Crippen molar-refractivity contribution in [1.82, 2.24) is 0 Å². The molecule has 28 heavy (non-hydrogen) atoms. The fourth-order valence-electron chi connectivity index (χ4n) is 2.76. The topological polar surface area (TPSA) is 67.4 Å². The van der Waals surface area contributed by atoms with Crippen molar-refractivity contribution in [2.45, 2.75) is 20.8 Å². The number of benzene rings is 2. The van der Waals surface area contributed by atoms with E-state index in [0.29, 0.717) is 27.6 Å². The van der Waals surface area contributed by atoms with Gasteiger partial charge in [-0.1, -0.05) is 23.8 Å². The number of anilines is 2. The van der Waals surface area contributed by atoms with Crippen molar-refractivity contribution in [2.75, 3.05) is 17.7 Å². The van der Waals surface area contributed by atoms with E-state index in [-0.39, 0.29) is 11.8 Å². The number of methoxy groups -OCH3 is 1. The monoisotopic (exact) mass is 394 g/mol. The summed E-state index contributed by atoms with van der Waals surface area (Å²) in [5.74, 6) is 0.148. The fourth-order valence-corrected chi connectivity index (χ4v) is 3.82. The van der Waals surface area contributed by atoms with Crippen molar-refractivity contribution in [3.8, 4) is 5.75 Å². The molecule has 5 nitrogen and oxygen atoms in total. The van der Waals surface area contributed by atoms with Crippen molar-refractivity contribution >= 4 is 33.8 Å². The lowest BCUT2D eigenvalue weighted by molar-refractivity contribution is 0.102. The summed E-state index contributed by atoms with van der Waals surface area (Å²) in [5.41, 5.74) is 3.59. The van der Waals surface area contributed by atoms with Crippen molar-refractivity contribution in [3.63, 3.8) is 0 Å². The lowest BCUT2D eigenvalue weighted by atomic mass is 10.1. The van der Waals surface area contributed by atoms with Crippen LogP contribution < -0.4 is 15.4 Å². The van der Waals surface area contributed by atoms with E-state index < -0.39 is 0 Å². The van der Waals surface area contributed by atoms with Gasteiger partial charge in [0.2, 0.25) is 0 Å². The van der Waals surface area contributed by atoms with Gasteiger partial charge < -0.3 is 15.4 Å². The van der Waals surface area contributed by atoms with Crippen molar-refractivity contribution in [3.05, 3.63) is 75.7 Å². The molecule has 3 aromatic rings. The maximum atomic E-state index is 12.9. The summed E-state index contributed by atoms with van der Waals surface area (Å²) >= 11 is 1.40. The Bertz CT molecular complexity index is 1020. The standard InChI is InChI=1S/C22H22N2O3S/c1-13-8-10-16(11-9-13)20(25)24-22-19(14(2)15(3)28-22)21(26)23-17-6-5-7-18(12-17)27-4/h5-12H,1-4H3,(H,23,26)(H,24,25). The lowest BCUT2D eigenvalue weighted by Gasteiger charge is -2.10. The Morgan fingerprint density at radius 3 is 2.32 bits per heavy atom. The molecule has 2 amide bonds. The first-order chi connectivity index (χ1) is 13.4. The summed E-state index contributed by atoms with van der Waals surface area (Å²) < 4.78 is 5.20. The maximum Gasteiger partial charge on any atom is 0.258 e. The van der Waals surface area contributed by atoms with E-state index in [9.17, 15) is 9.59 Å². The Labute approximate surface area is 168 Å². The second-order valence-electron chi connectivity index (χ2n) is 6.49. The van der Waals surface area contributed by atoms with E-state index in [2.05, 4.69) is 10.6 Å². The molecule has 3 rings (SSSR count). The average Bonchev–Trinajstić information content (AvgIpc) is 2.95. The Hall–Kier alpha value is -3.12. The molecule has 0 atom stereocenters. The SMILES string of the molecule is COc1cccc(NC(=O)c2c(NC(=O)c3ccc(C)cc3)sc(C)c2C)c1. The van der Waals surface area contributed by atoms with Crippen molar-refractivity contribution in [1.29, 1.82) is 0 Å². The number of rotatable bonds is 5. The lowest BCUT2D eigenvalue weighted by Crippen LogP contribution is -2.17. The van der Waals surface area contributed by atoms with Crippen LogP contribution in [0.3, 0.4) is 0 Å². The third-order valence-corrected chi connectivity index (χ3v) is 5.60. The molecule has 1 heterocycles. The normalized spacial score (nSPS) is 10.4. The molecule has 0 fully saturated rings. The molecule has 0 saturated heterocycles. The summed E-state index contributed by atoms with van der Waals surface area (Å²) in [6, 6.07) is 14.5. The van der Waals surface area contributed by atoms with E-state index in [1.54, 1.807) is 37.4 Å². The van der Waals surface area contributed by atoms with Crippen LogP contribution in [0.4, 0.5) is 10.7 Å². The molecule has 0 aliphatic heterocycles. The first-order valence-electron chi connectivity index (χ1n) is 8.82. The highest BCUT2D eigenvalue weighted by atomic mass is 32.1. The van der Waals surface area contributed by atoms with Gasteiger partial charge in [-0.25, -0.2) is 0 Å². The van der Waals surface area contributed by atoms with Gasteiger partial charge >= 0.3 is 0 Å². The van der Waals surface area contributed by atoms with E-state index in [4.69, 9.17) is 4.74 Å². The van der Waals surface area contributed by atoms with Crippen molar-refractivity contribution in [2.24, 2.45) is 0 Å². The second kappa shape index (κ2) is 8.27. The number of thiophene rings is 1. The molecule has 2 aromatic carbocycles. The minimum atomic E-state index is -0.269. The zero-order valence-electron chi connectivity index (χ0n) is 16.3. The van der Waals surface area contributed by atoms with Crippen LogP contribution in [0.25, 0.3) is 0 Å². The Morgan fingerprint density at radius 2 is 1.64 bits per heavy atom. The number of nitrogens with one attached hydrogen (secondary N) is 2. The van der Waals surface area contributed by atoms with E-state index in [0.717, 1.165) is 16.0 Å². The fraction of sp³-hybridized carbons (Fsp3) is 0.182. The Balaban J connectivity index is 1.85. The van der Waals surface area contributed by atoms with Crippen LogP contribution in [0.1, 0.15) is 36.7 Å². The molecule has 0 spiro atoms. The molecule has 0 saturated carbocycles. The van der Waals surface area contributed by atoms with Crippen molar-refractivity contribution < 1.29 is 14.3 Å². The number of hydrogen-bond acceptors (Lipinski definition) is 4. The van der Waals surface area contributed by atoms with Crippen LogP contribution in [-0.2, 0) is 0 Å². The highest BCUT2D eigenvalue weighted by Crippen LogP contribution is 2.33. The minimum Gasteiger partial charge on any atom is -0.497 e. The summed E-state index contributed by atoms with van der Waals surface area (Å²) in [4.78, 5) is 26.5. The summed E-state index contributed by atoms with van der Waals surface area (Å²) in [6.45, 7) is 5.78. The van der Waals surface area contributed by atoms with Gasteiger partial charge in [-0.15, -0.1) is 11.3 Å². The number of carbonyl (C=O) groups excluding carboxylic acids is 2. The van der Waals surface area contributed by atoms with Gasteiger partial charge in [0.25, 0.3) is 11.8 Å². The first-order valence-corrected chi connectivity index (χ1v) is 9.64. The molecular formula is C22H22N2O3S. The molecule has 144 valence electrons. The highest BCUT2D eigenvalue weighted by molar-refractivity contribution is 7.16. The van der Waals surface area contributed by atoms with E-state index in [1.165, 1.54) is 11.3 Å². The zero-order chi connectivity index (χ0) is 20.3. The van der Waals surface area contributed by atoms with E-state index >= 15 is 0 Å².